The second kappa shape index (κ2) is 8.63. The van der Waals surface area contributed by atoms with Gasteiger partial charge >= 0.3 is 0 Å². The highest BCUT2D eigenvalue weighted by Gasteiger charge is 2.28. The molecule has 1 aromatic carbocycles. The van der Waals surface area contributed by atoms with Gasteiger partial charge in [0, 0.05) is 19.6 Å². The summed E-state index contributed by atoms with van der Waals surface area (Å²) in [7, 11) is 0. The van der Waals surface area contributed by atoms with Gasteiger partial charge in [-0.3, -0.25) is 9.69 Å². The molecule has 1 heterocycles. The van der Waals surface area contributed by atoms with E-state index < -0.39 is 0 Å². The normalized spacial score (nSPS) is 24.0. The van der Waals surface area contributed by atoms with Crippen molar-refractivity contribution in [1.29, 1.82) is 0 Å². The summed E-state index contributed by atoms with van der Waals surface area (Å²) in [5, 5.41) is 13.2. The Morgan fingerprint density at radius 3 is 2.67 bits per heavy atom. The number of aliphatic hydroxyl groups is 1. The Bertz CT molecular complexity index is 514. The number of nitrogens with zero attached hydrogens (tertiary/aromatic N) is 1. The molecular weight excluding hydrogens is 300 g/mol. The summed E-state index contributed by atoms with van der Waals surface area (Å²) >= 11 is 0. The third-order valence-electron chi connectivity index (χ3n) is 5.55. The van der Waals surface area contributed by atoms with Crippen LogP contribution in [0.25, 0.3) is 0 Å². The molecule has 132 valence electrons. The van der Waals surface area contributed by atoms with E-state index in [2.05, 4.69) is 34.5 Å². The van der Waals surface area contributed by atoms with Gasteiger partial charge in [-0.05, 0) is 43.7 Å². The lowest BCUT2D eigenvalue weighted by atomic mass is 9.96. The number of hydrogen-bond donors (Lipinski definition) is 2. The van der Waals surface area contributed by atoms with Gasteiger partial charge in [-0.25, -0.2) is 0 Å². The number of aliphatic hydroxyl groups excluding tert-OH is 1. The summed E-state index contributed by atoms with van der Waals surface area (Å²) in [5.74, 6) is 0.550. The first-order valence-corrected chi connectivity index (χ1v) is 9.44. The number of piperidine rings is 1. The Morgan fingerprint density at radius 1 is 1.17 bits per heavy atom. The molecule has 1 saturated heterocycles. The second-order valence-corrected chi connectivity index (χ2v) is 7.42. The fraction of sp³-hybridized carbons (Fsp3) is 0.650. The summed E-state index contributed by atoms with van der Waals surface area (Å²) in [5.41, 5.74) is 1.30. The molecule has 0 bridgehead atoms. The number of benzene rings is 1. The summed E-state index contributed by atoms with van der Waals surface area (Å²) < 4.78 is 0. The number of nitrogens with one attached hydrogen (secondary N) is 1. The van der Waals surface area contributed by atoms with E-state index in [4.69, 9.17) is 0 Å². The maximum absolute atomic E-state index is 12.5. The Labute approximate surface area is 145 Å². The summed E-state index contributed by atoms with van der Waals surface area (Å²) in [4.78, 5) is 14.8. The van der Waals surface area contributed by atoms with E-state index in [1.54, 1.807) is 0 Å². The van der Waals surface area contributed by atoms with Gasteiger partial charge in [-0.15, -0.1) is 0 Å². The van der Waals surface area contributed by atoms with Crippen LogP contribution in [-0.4, -0.2) is 41.7 Å². The van der Waals surface area contributed by atoms with Crippen molar-refractivity contribution in [2.45, 2.75) is 51.2 Å². The van der Waals surface area contributed by atoms with Crippen LogP contribution >= 0.6 is 0 Å². The van der Waals surface area contributed by atoms with E-state index in [-0.39, 0.29) is 17.9 Å². The zero-order valence-corrected chi connectivity index (χ0v) is 14.5. The molecule has 1 aliphatic carbocycles. The molecule has 2 N–H and O–H groups in total. The van der Waals surface area contributed by atoms with Crippen molar-refractivity contribution in [3.05, 3.63) is 35.9 Å². The molecule has 1 amide bonds. The first-order chi connectivity index (χ1) is 11.7. The van der Waals surface area contributed by atoms with Gasteiger partial charge < -0.3 is 10.4 Å². The maximum atomic E-state index is 12.5. The topological polar surface area (TPSA) is 52.6 Å². The van der Waals surface area contributed by atoms with E-state index in [0.29, 0.717) is 12.5 Å². The summed E-state index contributed by atoms with van der Waals surface area (Å²) in [6.45, 7) is 3.21. The molecule has 4 heteroatoms. The molecule has 0 spiro atoms. The molecule has 1 aliphatic heterocycles. The van der Waals surface area contributed by atoms with E-state index in [1.165, 1.54) is 18.4 Å². The molecule has 2 aliphatic rings. The van der Waals surface area contributed by atoms with Gasteiger partial charge in [-0.1, -0.05) is 43.2 Å². The largest absolute Gasteiger partial charge is 0.391 e. The van der Waals surface area contributed by atoms with Crippen LogP contribution in [0.15, 0.2) is 30.3 Å². The lowest BCUT2D eigenvalue weighted by molar-refractivity contribution is -0.127. The van der Waals surface area contributed by atoms with Gasteiger partial charge in [0.15, 0.2) is 0 Å². The quantitative estimate of drug-likeness (QED) is 0.843. The van der Waals surface area contributed by atoms with Gasteiger partial charge in [0.25, 0.3) is 0 Å². The average Bonchev–Trinajstić information content (AvgIpc) is 3.15. The fourth-order valence-electron chi connectivity index (χ4n) is 4.11. The molecule has 24 heavy (non-hydrogen) atoms. The van der Waals surface area contributed by atoms with E-state index in [9.17, 15) is 9.90 Å². The van der Waals surface area contributed by atoms with Gasteiger partial charge in [0.05, 0.1) is 12.0 Å². The van der Waals surface area contributed by atoms with Crippen LogP contribution in [0.3, 0.4) is 0 Å². The standard InChI is InChI=1S/C20H30N2O2/c23-19(17-9-4-5-10-17)13-21-20(24)18-11-6-12-22(15-18)14-16-7-2-1-3-8-16/h1-3,7-8,17-19,23H,4-6,9-15H2,(H,21,24). The lowest BCUT2D eigenvalue weighted by Gasteiger charge is -2.32. The molecular formula is C20H30N2O2. The highest BCUT2D eigenvalue weighted by molar-refractivity contribution is 5.79. The lowest BCUT2D eigenvalue weighted by Crippen LogP contribution is -2.45. The summed E-state index contributed by atoms with van der Waals surface area (Å²) in [6, 6.07) is 10.4. The summed E-state index contributed by atoms with van der Waals surface area (Å²) in [6.07, 6.45) is 6.28. The SMILES string of the molecule is O=C(NCC(O)C1CCCC1)C1CCCN(Cc2ccccc2)C1. The number of carbonyl (C=O) groups excluding carboxylic acids is 1. The molecule has 2 unspecified atom stereocenters. The van der Waals surface area contributed by atoms with Crippen LogP contribution in [0.5, 0.6) is 0 Å². The van der Waals surface area contributed by atoms with Crippen LogP contribution in [-0.2, 0) is 11.3 Å². The third kappa shape index (κ3) is 4.81. The van der Waals surface area contributed by atoms with Crippen LogP contribution < -0.4 is 5.32 Å². The zero-order chi connectivity index (χ0) is 16.8. The predicted molar refractivity (Wildman–Crippen MR) is 95.4 cm³/mol. The highest BCUT2D eigenvalue weighted by Crippen LogP contribution is 2.27. The van der Waals surface area contributed by atoms with Gasteiger partial charge in [0.1, 0.15) is 0 Å². The minimum atomic E-state index is -0.375. The molecule has 1 saturated carbocycles. The van der Waals surface area contributed by atoms with Crippen LogP contribution in [0, 0.1) is 11.8 Å². The van der Waals surface area contributed by atoms with Crippen molar-refractivity contribution in [2.24, 2.45) is 11.8 Å². The van der Waals surface area contributed by atoms with Crippen molar-refractivity contribution in [3.63, 3.8) is 0 Å². The number of carbonyl (C=O) groups is 1. The molecule has 4 nitrogen and oxygen atoms in total. The Balaban J connectivity index is 1.44. The van der Waals surface area contributed by atoms with Crippen molar-refractivity contribution in [1.82, 2.24) is 10.2 Å². The number of rotatable bonds is 6. The fourth-order valence-corrected chi connectivity index (χ4v) is 4.11. The van der Waals surface area contributed by atoms with Gasteiger partial charge in [0.2, 0.25) is 5.91 Å². The zero-order valence-electron chi connectivity index (χ0n) is 14.5. The molecule has 2 fully saturated rings. The van der Waals surface area contributed by atoms with Crippen LogP contribution in [0.4, 0.5) is 0 Å². The van der Waals surface area contributed by atoms with Crippen molar-refractivity contribution in [2.75, 3.05) is 19.6 Å². The van der Waals surface area contributed by atoms with Crippen molar-refractivity contribution < 1.29 is 9.90 Å². The number of hydrogen-bond acceptors (Lipinski definition) is 3. The van der Waals surface area contributed by atoms with Crippen molar-refractivity contribution in [3.8, 4) is 0 Å². The second-order valence-electron chi connectivity index (χ2n) is 7.42. The molecule has 0 aromatic heterocycles. The Morgan fingerprint density at radius 2 is 1.92 bits per heavy atom. The van der Waals surface area contributed by atoms with Crippen LogP contribution in [0.1, 0.15) is 44.1 Å². The molecule has 3 rings (SSSR count). The number of likely N-dealkylation sites (tertiary alicyclic amines) is 1. The monoisotopic (exact) mass is 330 g/mol. The maximum Gasteiger partial charge on any atom is 0.224 e. The first kappa shape index (κ1) is 17.4. The first-order valence-electron chi connectivity index (χ1n) is 9.44. The van der Waals surface area contributed by atoms with Crippen LogP contribution in [0.2, 0.25) is 0 Å². The average molecular weight is 330 g/mol. The Hall–Kier alpha value is -1.39. The van der Waals surface area contributed by atoms with E-state index >= 15 is 0 Å². The highest BCUT2D eigenvalue weighted by atomic mass is 16.3. The van der Waals surface area contributed by atoms with Gasteiger partial charge in [-0.2, -0.15) is 0 Å². The number of amides is 1. The molecule has 2 atom stereocenters. The smallest absolute Gasteiger partial charge is 0.224 e. The molecule has 0 radical (unpaired) electrons. The van der Waals surface area contributed by atoms with E-state index in [1.807, 2.05) is 6.07 Å². The third-order valence-corrected chi connectivity index (χ3v) is 5.55. The minimum absolute atomic E-state index is 0.0539. The predicted octanol–water partition coefficient (Wildman–Crippen LogP) is 2.57. The minimum Gasteiger partial charge on any atom is -0.391 e. The van der Waals surface area contributed by atoms with Crippen molar-refractivity contribution >= 4 is 5.91 Å². The van der Waals surface area contributed by atoms with E-state index in [0.717, 1.165) is 45.3 Å². The Kier molecular flexibility index (Phi) is 6.27. The molecule has 1 aromatic rings.